The van der Waals surface area contributed by atoms with Crippen LogP contribution in [0.2, 0.25) is 0 Å². The van der Waals surface area contributed by atoms with E-state index in [0.29, 0.717) is 41.8 Å². The minimum Gasteiger partial charge on any atom is -0.444 e. The number of aliphatic hydroxyl groups excluding tert-OH is 1. The van der Waals surface area contributed by atoms with E-state index in [1.54, 1.807) is 49.5 Å². The van der Waals surface area contributed by atoms with Gasteiger partial charge in [0, 0.05) is 50.4 Å². The summed E-state index contributed by atoms with van der Waals surface area (Å²) in [6, 6.07) is 8.56. The summed E-state index contributed by atoms with van der Waals surface area (Å²) in [5, 5.41) is 21.8. The number of nitrogens with zero attached hydrogens (tertiary/aromatic N) is 3. The van der Waals surface area contributed by atoms with Gasteiger partial charge in [-0.1, -0.05) is 31.0 Å². The molecule has 4 rings (SSSR count). The lowest BCUT2D eigenvalue weighted by Crippen LogP contribution is -2.62. The van der Waals surface area contributed by atoms with E-state index in [4.69, 9.17) is 4.74 Å². The lowest BCUT2D eigenvalue weighted by molar-refractivity contribution is -0.140. The van der Waals surface area contributed by atoms with Gasteiger partial charge in [-0.15, -0.1) is 0 Å². The number of carbonyl (C=O) groups excluding carboxylic acids is 2. The zero-order valence-corrected chi connectivity index (χ0v) is 23.7. The van der Waals surface area contributed by atoms with Crippen molar-refractivity contribution in [3.63, 3.8) is 0 Å². The molecule has 1 aliphatic heterocycles. The highest BCUT2D eigenvalue weighted by Gasteiger charge is 2.56. The van der Waals surface area contributed by atoms with Crippen molar-refractivity contribution in [3.8, 4) is 11.1 Å². The van der Waals surface area contributed by atoms with Crippen LogP contribution in [0, 0.1) is 5.41 Å². The molecule has 9 nitrogen and oxygen atoms in total. The first-order valence-electron chi connectivity index (χ1n) is 13.6. The van der Waals surface area contributed by atoms with Gasteiger partial charge in [-0.3, -0.25) is 9.59 Å². The molecule has 1 aliphatic carbocycles. The molecule has 1 atom stereocenters. The molecule has 2 fully saturated rings. The van der Waals surface area contributed by atoms with E-state index in [2.05, 4.69) is 0 Å². The normalized spacial score (nSPS) is 20.7. The summed E-state index contributed by atoms with van der Waals surface area (Å²) < 4.78 is 7.06. The number of likely N-dealkylation sites (tertiary alicyclic amines) is 1. The first kappa shape index (κ1) is 28.8. The highest BCUT2D eigenvalue weighted by atomic mass is 16.6. The average Bonchev–Trinajstić information content (AvgIpc) is 3.35. The molecule has 2 heterocycles. The number of aliphatic hydroxyl groups is 2. The van der Waals surface area contributed by atoms with E-state index in [0.717, 1.165) is 25.7 Å². The minimum atomic E-state index is -1.23. The maximum absolute atomic E-state index is 13.5. The number of rotatable bonds is 5. The molecule has 1 saturated carbocycles. The van der Waals surface area contributed by atoms with Crippen LogP contribution >= 0.6 is 0 Å². The summed E-state index contributed by atoms with van der Waals surface area (Å²) in [4.78, 5) is 42.7. The quantitative estimate of drug-likeness (QED) is 0.600. The summed E-state index contributed by atoms with van der Waals surface area (Å²) in [6.07, 6.45) is 4.82. The Bertz CT molecular complexity index is 1290. The molecule has 1 aromatic heterocycles. The van der Waals surface area contributed by atoms with Crippen molar-refractivity contribution in [2.24, 2.45) is 5.41 Å². The fourth-order valence-corrected chi connectivity index (χ4v) is 6.05. The summed E-state index contributed by atoms with van der Waals surface area (Å²) in [7, 11) is 3.30. The molecular weight excluding hydrogens is 498 g/mol. The van der Waals surface area contributed by atoms with Gasteiger partial charge < -0.3 is 29.3 Å². The van der Waals surface area contributed by atoms with E-state index < -0.39 is 16.6 Å². The molecule has 2 aromatic rings. The van der Waals surface area contributed by atoms with Gasteiger partial charge in [-0.25, -0.2) is 4.79 Å². The third kappa shape index (κ3) is 5.89. The van der Waals surface area contributed by atoms with Gasteiger partial charge in [-0.05, 0) is 57.2 Å². The monoisotopic (exact) mass is 539 g/mol. The molecule has 0 bridgehead atoms. The summed E-state index contributed by atoms with van der Waals surface area (Å²) in [6.45, 7) is 6.05. The van der Waals surface area contributed by atoms with Crippen molar-refractivity contribution >= 4 is 12.0 Å². The molecule has 1 spiro atoms. The van der Waals surface area contributed by atoms with Gasteiger partial charge in [0.25, 0.3) is 11.5 Å². The third-order valence-corrected chi connectivity index (χ3v) is 8.10. The van der Waals surface area contributed by atoms with Crippen molar-refractivity contribution in [2.75, 3.05) is 27.2 Å². The topological polar surface area (TPSA) is 112 Å². The Hall–Kier alpha value is -3.17. The summed E-state index contributed by atoms with van der Waals surface area (Å²) in [5.74, 6) is -0.268. The number of benzene rings is 1. The molecule has 1 aromatic carbocycles. The van der Waals surface area contributed by atoms with Crippen LogP contribution in [0.1, 0.15) is 68.8 Å². The van der Waals surface area contributed by atoms with Crippen LogP contribution < -0.4 is 5.56 Å². The van der Waals surface area contributed by atoms with Crippen LogP contribution in [0.4, 0.5) is 4.79 Å². The lowest BCUT2D eigenvalue weighted by Gasteiger charge is -2.52. The fourth-order valence-electron chi connectivity index (χ4n) is 6.05. The molecule has 39 heavy (non-hydrogen) atoms. The number of hydrogen-bond acceptors (Lipinski definition) is 6. The zero-order chi connectivity index (χ0) is 28.6. The van der Waals surface area contributed by atoms with Crippen LogP contribution in [0.5, 0.6) is 0 Å². The van der Waals surface area contributed by atoms with Crippen molar-refractivity contribution in [2.45, 2.75) is 77.2 Å². The van der Waals surface area contributed by atoms with E-state index in [9.17, 15) is 24.6 Å². The minimum absolute atomic E-state index is 0.0264. The average molecular weight is 540 g/mol. The Morgan fingerprint density at radius 3 is 2.41 bits per heavy atom. The highest BCUT2D eigenvalue weighted by Crippen LogP contribution is 2.51. The second-order valence-corrected chi connectivity index (χ2v) is 12.3. The van der Waals surface area contributed by atoms with E-state index >= 15 is 0 Å². The molecule has 1 unspecified atom stereocenters. The van der Waals surface area contributed by atoms with Gasteiger partial charge in [0.15, 0.2) is 0 Å². The Morgan fingerprint density at radius 1 is 1.10 bits per heavy atom. The zero-order valence-electron chi connectivity index (χ0n) is 23.7. The first-order chi connectivity index (χ1) is 18.3. The molecule has 0 radical (unpaired) electrons. The summed E-state index contributed by atoms with van der Waals surface area (Å²) >= 11 is 0. The number of pyridine rings is 1. The number of carbonyl (C=O) groups is 2. The highest BCUT2D eigenvalue weighted by molar-refractivity contribution is 6.00. The predicted octanol–water partition coefficient (Wildman–Crippen LogP) is 3.64. The molecule has 212 valence electrons. The smallest absolute Gasteiger partial charge is 0.410 e. The molecule has 1 saturated heterocycles. The van der Waals surface area contributed by atoms with Crippen LogP contribution in [0.3, 0.4) is 0 Å². The Kier molecular flexibility index (Phi) is 7.96. The fraction of sp³-hybridized carbons (Fsp3) is 0.567. The maximum Gasteiger partial charge on any atom is 0.410 e. The summed E-state index contributed by atoms with van der Waals surface area (Å²) in [5.41, 5.74) is -0.594. The SMILES string of the molecule is CN(C)C(=O)c1cn(CC2(O)CCN(C(=O)OC(C)(C)C)CC23CCCC3)c(=O)cc1-c1cccc(CO)c1. The van der Waals surface area contributed by atoms with E-state index in [1.807, 2.05) is 20.8 Å². The molecule has 2 amide bonds. The second-order valence-electron chi connectivity index (χ2n) is 12.3. The van der Waals surface area contributed by atoms with Crippen molar-refractivity contribution < 1.29 is 24.5 Å². The van der Waals surface area contributed by atoms with Crippen molar-refractivity contribution in [3.05, 3.63) is 58.0 Å². The number of amides is 2. The van der Waals surface area contributed by atoms with Gasteiger partial charge in [-0.2, -0.15) is 0 Å². The van der Waals surface area contributed by atoms with Crippen molar-refractivity contribution in [1.29, 1.82) is 0 Å². The lowest BCUT2D eigenvalue weighted by atomic mass is 9.66. The Balaban J connectivity index is 1.71. The number of hydrogen-bond donors (Lipinski definition) is 2. The molecule has 2 aliphatic rings. The molecular formula is C30H41N3O6. The van der Waals surface area contributed by atoms with Crippen LogP contribution in [-0.4, -0.2) is 75.0 Å². The van der Waals surface area contributed by atoms with Gasteiger partial charge in [0.1, 0.15) is 5.60 Å². The molecule has 9 heteroatoms. The van der Waals surface area contributed by atoms with Crippen LogP contribution in [-0.2, 0) is 17.9 Å². The third-order valence-electron chi connectivity index (χ3n) is 8.10. The van der Waals surface area contributed by atoms with Gasteiger partial charge in [0.05, 0.1) is 24.3 Å². The standard InChI is InChI=1S/C30H41N3O6/c1-28(2,3)39-27(37)32-14-13-30(38,29(19-32)11-6-7-12-29)20-33-17-24(26(36)31(4)5)23(16-25(33)35)22-10-8-9-21(15-22)18-34/h8-10,15-17,34,38H,6-7,11-14,18-20H2,1-5H3. The van der Waals surface area contributed by atoms with E-state index in [-0.39, 0.29) is 30.7 Å². The first-order valence-corrected chi connectivity index (χ1v) is 13.6. The van der Waals surface area contributed by atoms with Crippen molar-refractivity contribution in [1.82, 2.24) is 14.4 Å². The Morgan fingerprint density at radius 2 is 1.79 bits per heavy atom. The number of ether oxygens (including phenoxy) is 1. The van der Waals surface area contributed by atoms with Crippen LogP contribution in [0.15, 0.2) is 41.3 Å². The largest absolute Gasteiger partial charge is 0.444 e. The van der Waals surface area contributed by atoms with Gasteiger partial charge in [0.2, 0.25) is 0 Å². The van der Waals surface area contributed by atoms with Gasteiger partial charge >= 0.3 is 6.09 Å². The second kappa shape index (κ2) is 10.8. The van der Waals surface area contributed by atoms with E-state index in [1.165, 1.54) is 15.5 Å². The van der Waals surface area contributed by atoms with Crippen LogP contribution in [0.25, 0.3) is 11.1 Å². The number of aromatic nitrogens is 1. The number of piperidine rings is 1. The molecule has 2 N–H and O–H groups in total. The Labute approximate surface area is 230 Å². The maximum atomic E-state index is 13.5. The predicted molar refractivity (Wildman–Crippen MR) is 148 cm³/mol.